The average molecular weight is 258 g/mol. The molecular formula is C14H21ClFN. The third-order valence-corrected chi connectivity index (χ3v) is 3.97. The Morgan fingerprint density at radius 3 is 2.24 bits per heavy atom. The summed E-state index contributed by atoms with van der Waals surface area (Å²) in [6.07, 6.45) is 3.28. The summed E-state index contributed by atoms with van der Waals surface area (Å²) in [7, 11) is 0. The molecule has 0 fully saturated rings. The van der Waals surface area contributed by atoms with E-state index in [9.17, 15) is 4.39 Å². The van der Waals surface area contributed by atoms with Crippen LogP contribution in [-0.2, 0) is 6.54 Å². The summed E-state index contributed by atoms with van der Waals surface area (Å²) in [6, 6.07) is 4.89. The van der Waals surface area contributed by atoms with Crippen molar-refractivity contribution in [1.29, 1.82) is 0 Å². The maximum Gasteiger partial charge on any atom is 0.141 e. The lowest BCUT2D eigenvalue weighted by molar-refractivity contribution is 0.288. The molecule has 1 nitrogen and oxygen atoms in total. The van der Waals surface area contributed by atoms with Crippen LogP contribution in [0, 0.1) is 5.82 Å². The molecule has 0 radical (unpaired) electrons. The van der Waals surface area contributed by atoms with E-state index in [0.29, 0.717) is 0 Å². The zero-order chi connectivity index (χ0) is 12.9. The van der Waals surface area contributed by atoms with Crippen LogP contribution in [0.25, 0.3) is 0 Å². The van der Waals surface area contributed by atoms with E-state index < -0.39 is 0 Å². The van der Waals surface area contributed by atoms with Crippen LogP contribution in [0.5, 0.6) is 0 Å². The van der Waals surface area contributed by atoms with Gasteiger partial charge in [-0.15, -0.1) is 0 Å². The third kappa shape index (κ3) is 3.68. The van der Waals surface area contributed by atoms with Gasteiger partial charge in [0.2, 0.25) is 0 Å². The molecule has 1 aromatic carbocycles. The maximum atomic E-state index is 13.0. The first kappa shape index (κ1) is 14.5. The predicted octanol–water partition coefficient (Wildman–Crippen LogP) is 4.54. The quantitative estimate of drug-likeness (QED) is 0.789. The van der Waals surface area contributed by atoms with E-state index in [1.54, 1.807) is 12.1 Å². The second kappa shape index (κ2) is 6.36. The molecular weight excluding hydrogens is 237 g/mol. The Morgan fingerprint density at radius 1 is 1.18 bits per heavy atom. The Kier molecular flexibility index (Phi) is 5.41. The zero-order valence-corrected chi connectivity index (χ0v) is 11.6. The van der Waals surface area contributed by atoms with Gasteiger partial charge in [-0.25, -0.2) is 4.39 Å². The molecule has 0 aliphatic carbocycles. The molecule has 0 bridgehead atoms. The van der Waals surface area contributed by atoms with E-state index in [-0.39, 0.29) is 16.4 Å². The van der Waals surface area contributed by atoms with Crippen LogP contribution >= 0.6 is 11.6 Å². The lowest BCUT2D eigenvalue weighted by Crippen LogP contribution is -2.43. The van der Waals surface area contributed by atoms with Crippen LogP contribution < -0.4 is 5.32 Å². The van der Waals surface area contributed by atoms with Gasteiger partial charge in [0.25, 0.3) is 0 Å². The van der Waals surface area contributed by atoms with Gasteiger partial charge in [-0.2, -0.15) is 0 Å². The summed E-state index contributed by atoms with van der Waals surface area (Å²) in [4.78, 5) is 0. The fourth-order valence-corrected chi connectivity index (χ4v) is 2.27. The van der Waals surface area contributed by atoms with Crippen LogP contribution in [0.1, 0.15) is 45.6 Å². The summed E-state index contributed by atoms with van der Waals surface area (Å²) in [5.74, 6) is -0.358. The summed E-state index contributed by atoms with van der Waals surface area (Å²) in [5.41, 5.74) is 1.21. The molecule has 0 aromatic heterocycles. The molecule has 1 rings (SSSR count). The van der Waals surface area contributed by atoms with Crippen LogP contribution in [0.15, 0.2) is 18.2 Å². The van der Waals surface area contributed by atoms with Gasteiger partial charge in [-0.05, 0) is 37.0 Å². The van der Waals surface area contributed by atoms with Crippen molar-refractivity contribution >= 4 is 11.6 Å². The van der Waals surface area contributed by atoms with Crippen LogP contribution in [0.4, 0.5) is 4.39 Å². The largest absolute Gasteiger partial charge is 0.307 e. The second-order valence-corrected chi connectivity index (χ2v) is 4.85. The molecule has 0 saturated carbocycles. The van der Waals surface area contributed by atoms with Crippen molar-refractivity contribution < 1.29 is 4.39 Å². The summed E-state index contributed by atoms with van der Waals surface area (Å²) < 4.78 is 13.0. The first-order valence-corrected chi connectivity index (χ1v) is 6.63. The number of nitrogens with one attached hydrogen (secondary N) is 1. The molecule has 17 heavy (non-hydrogen) atoms. The van der Waals surface area contributed by atoms with Gasteiger partial charge in [0.05, 0.1) is 5.02 Å². The highest BCUT2D eigenvalue weighted by molar-refractivity contribution is 6.30. The topological polar surface area (TPSA) is 12.0 Å². The molecule has 3 heteroatoms. The van der Waals surface area contributed by atoms with E-state index in [1.165, 1.54) is 6.07 Å². The van der Waals surface area contributed by atoms with Crippen molar-refractivity contribution in [2.75, 3.05) is 0 Å². The van der Waals surface area contributed by atoms with Gasteiger partial charge in [0.1, 0.15) is 5.82 Å². The third-order valence-electron chi connectivity index (χ3n) is 3.68. The summed E-state index contributed by atoms with van der Waals surface area (Å²) in [6.45, 7) is 7.31. The molecule has 0 heterocycles. The molecule has 0 atom stereocenters. The fourth-order valence-electron chi connectivity index (χ4n) is 2.06. The monoisotopic (exact) mass is 257 g/mol. The first-order valence-electron chi connectivity index (χ1n) is 6.26. The molecule has 1 aromatic rings. The van der Waals surface area contributed by atoms with Crippen LogP contribution in [0.3, 0.4) is 0 Å². The molecule has 0 aliphatic rings. The van der Waals surface area contributed by atoms with E-state index >= 15 is 0 Å². The van der Waals surface area contributed by atoms with Gasteiger partial charge >= 0.3 is 0 Å². The number of benzene rings is 1. The Labute approximate surface area is 108 Å². The molecule has 0 aliphatic heterocycles. The van der Waals surface area contributed by atoms with Crippen molar-refractivity contribution in [2.45, 2.75) is 52.1 Å². The molecule has 1 N–H and O–H groups in total. The highest BCUT2D eigenvalue weighted by Gasteiger charge is 2.22. The second-order valence-electron chi connectivity index (χ2n) is 4.44. The van der Waals surface area contributed by atoms with Gasteiger partial charge in [-0.3, -0.25) is 0 Å². The van der Waals surface area contributed by atoms with Crippen LogP contribution in [0.2, 0.25) is 5.02 Å². The van der Waals surface area contributed by atoms with Gasteiger partial charge in [0.15, 0.2) is 0 Å². The minimum atomic E-state index is -0.358. The molecule has 0 spiro atoms. The Bertz CT molecular complexity index is 353. The van der Waals surface area contributed by atoms with Gasteiger partial charge in [-0.1, -0.05) is 38.4 Å². The zero-order valence-electron chi connectivity index (χ0n) is 10.8. The SMILES string of the molecule is CCC(CC)(CC)NCc1ccc(F)c(Cl)c1. The van der Waals surface area contributed by atoms with Crippen molar-refractivity contribution in [3.05, 3.63) is 34.6 Å². The van der Waals surface area contributed by atoms with Crippen molar-refractivity contribution in [3.63, 3.8) is 0 Å². The van der Waals surface area contributed by atoms with E-state index in [4.69, 9.17) is 11.6 Å². The number of halogens is 2. The van der Waals surface area contributed by atoms with E-state index in [1.807, 2.05) is 0 Å². The minimum Gasteiger partial charge on any atom is -0.307 e. The van der Waals surface area contributed by atoms with E-state index in [2.05, 4.69) is 26.1 Å². The molecule has 96 valence electrons. The highest BCUT2D eigenvalue weighted by Crippen LogP contribution is 2.21. The van der Waals surface area contributed by atoms with Crippen LogP contribution in [-0.4, -0.2) is 5.54 Å². The molecule has 0 unspecified atom stereocenters. The number of hydrogen-bond donors (Lipinski definition) is 1. The van der Waals surface area contributed by atoms with Crippen molar-refractivity contribution in [2.24, 2.45) is 0 Å². The average Bonchev–Trinajstić information content (AvgIpc) is 2.36. The van der Waals surface area contributed by atoms with Gasteiger partial charge in [0, 0.05) is 12.1 Å². The highest BCUT2D eigenvalue weighted by atomic mass is 35.5. The van der Waals surface area contributed by atoms with Crippen molar-refractivity contribution in [1.82, 2.24) is 5.32 Å². The van der Waals surface area contributed by atoms with E-state index in [0.717, 1.165) is 31.4 Å². The number of hydrogen-bond acceptors (Lipinski definition) is 1. The lowest BCUT2D eigenvalue weighted by atomic mass is 9.89. The standard InChI is InChI=1S/C14H21ClFN/c1-4-14(5-2,6-3)17-10-11-7-8-13(16)12(15)9-11/h7-9,17H,4-6,10H2,1-3H3. The van der Waals surface area contributed by atoms with Crippen molar-refractivity contribution in [3.8, 4) is 0 Å². The Balaban J connectivity index is 2.68. The predicted molar refractivity (Wildman–Crippen MR) is 71.9 cm³/mol. The summed E-state index contributed by atoms with van der Waals surface area (Å²) >= 11 is 5.76. The first-order chi connectivity index (χ1) is 8.06. The molecule has 0 amide bonds. The molecule has 0 saturated heterocycles. The Morgan fingerprint density at radius 2 is 1.76 bits per heavy atom. The smallest absolute Gasteiger partial charge is 0.141 e. The lowest BCUT2D eigenvalue weighted by Gasteiger charge is -2.32. The normalized spacial score (nSPS) is 11.8. The minimum absolute atomic E-state index is 0.181. The Hall–Kier alpha value is -0.600. The number of rotatable bonds is 6. The fraction of sp³-hybridized carbons (Fsp3) is 0.571. The van der Waals surface area contributed by atoms with Gasteiger partial charge < -0.3 is 5.32 Å². The maximum absolute atomic E-state index is 13.0. The summed E-state index contributed by atoms with van der Waals surface area (Å²) in [5, 5.41) is 3.76.